The second kappa shape index (κ2) is 8.96. The summed E-state index contributed by atoms with van der Waals surface area (Å²) in [7, 11) is 1.37. The summed E-state index contributed by atoms with van der Waals surface area (Å²) in [6, 6.07) is 5.96. The van der Waals surface area contributed by atoms with Crippen LogP contribution >= 0.6 is 23.2 Å². The SMILES string of the molecule is CN(C(=O)C1=C(Cl)CCC=C1F)c1ncc(-c2cc(C(N)=O)ccc2Cl)cc1N1CC(F)(F)C1. The molecule has 0 bridgehead atoms. The van der Waals surface area contributed by atoms with E-state index < -0.39 is 36.7 Å². The number of alkyl halides is 2. The highest BCUT2D eigenvalue weighted by Gasteiger charge is 2.45. The van der Waals surface area contributed by atoms with E-state index in [1.807, 2.05) is 0 Å². The zero-order valence-corrected chi connectivity index (χ0v) is 19.4. The molecule has 1 aromatic heterocycles. The van der Waals surface area contributed by atoms with E-state index in [1.54, 1.807) is 0 Å². The molecule has 11 heteroatoms. The van der Waals surface area contributed by atoms with Gasteiger partial charge in [-0.1, -0.05) is 23.2 Å². The Labute approximate surface area is 203 Å². The molecule has 0 unspecified atom stereocenters. The predicted octanol–water partition coefficient (Wildman–Crippen LogP) is 5.06. The molecule has 0 saturated carbocycles. The lowest BCUT2D eigenvalue weighted by atomic mass is 10.0. The third-order valence-corrected chi connectivity index (χ3v) is 6.34. The van der Waals surface area contributed by atoms with Crippen LogP contribution in [0.4, 0.5) is 24.7 Å². The summed E-state index contributed by atoms with van der Waals surface area (Å²) in [5, 5.41) is 0.371. The van der Waals surface area contributed by atoms with Gasteiger partial charge in [0, 0.05) is 40.0 Å². The van der Waals surface area contributed by atoms with Crippen LogP contribution in [-0.2, 0) is 4.79 Å². The highest BCUT2D eigenvalue weighted by molar-refractivity contribution is 6.34. The Hall–Kier alpha value is -3.04. The number of anilines is 2. The van der Waals surface area contributed by atoms with Crippen molar-refractivity contribution in [2.24, 2.45) is 5.73 Å². The van der Waals surface area contributed by atoms with Gasteiger partial charge in [0.2, 0.25) is 5.91 Å². The van der Waals surface area contributed by atoms with Crippen LogP contribution in [0.2, 0.25) is 5.02 Å². The largest absolute Gasteiger partial charge is 0.366 e. The van der Waals surface area contributed by atoms with Crippen molar-refractivity contribution in [2.45, 2.75) is 18.8 Å². The molecule has 1 aliphatic heterocycles. The summed E-state index contributed by atoms with van der Waals surface area (Å²) in [5.41, 5.74) is 6.33. The Bertz CT molecular complexity index is 1250. The molecule has 2 heterocycles. The zero-order valence-electron chi connectivity index (χ0n) is 17.9. The van der Waals surface area contributed by atoms with Crippen molar-refractivity contribution >= 4 is 46.5 Å². The van der Waals surface area contributed by atoms with Gasteiger partial charge in [0.05, 0.1) is 24.4 Å². The fourth-order valence-corrected chi connectivity index (χ4v) is 4.34. The molecule has 1 aromatic carbocycles. The Morgan fingerprint density at radius 2 is 1.91 bits per heavy atom. The molecule has 0 spiro atoms. The van der Waals surface area contributed by atoms with Crippen molar-refractivity contribution in [3.8, 4) is 11.1 Å². The molecule has 6 nitrogen and oxygen atoms in total. The van der Waals surface area contributed by atoms with Gasteiger partial charge in [-0.2, -0.15) is 0 Å². The summed E-state index contributed by atoms with van der Waals surface area (Å²) in [6.07, 6.45) is 3.34. The van der Waals surface area contributed by atoms with E-state index in [4.69, 9.17) is 28.9 Å². The number of aromatic nitrogens is 1. The topological polar surface area (TPSA) is 79.5 Å². The number of nitrogens with zero attached hydrogens (tertiary/aromatic N) is 3. The number of carbonyl (C=O) groups is 2. The van der Waals surface area contributed by atoms with Crippen LogP contribution in [0.15, 0.2) is 53.0 Å². The summed E-state index contributed by atoms with van der Waals surface area (Å²) >= 11 is 12.4. The van der Waals surface area contributed by atoms with Gasteiger partial charge in [-0.05, 0) is 43.2 Å². The third-order valence-electron chi connectivity index (χ3n) is 5.63. The second-order valence-electron chi connectivity index (χ2n) is 8.07. The molecule has 0 atom stereocenters. The molecule has 178 valence electrons. The van der Waals surface area contributed by atoms with Crippen LogP contribution in [0.25, 0.3) is 11.1 Å². The van der Waals surface area contributed by atoms with Crippen molar-refractivity contribution in [2.75, 3.05) is 29.9 Å². The fourth-order valence-electron chi connectivity index (χ4n) is 3.83. The van der Waals surface area contributed by atoms with Crippen LogP contribution in [-0.4, -0.2) is 42.9 Å². The summed E-state index contributed by atoms with van der Waals surface area (Å²) in [4.78, 5) is 31.4. The Kier molecular flexibility index (Phi) is 6.35. The molecule has 4 rings (SSSR count). The molecule has 0 radical (unpaired) electrons. The van der Waals surface area contributed by atoms with Gasteiger partial charge in [0.25, 0.3) is 11.8 Å². The number of benzene rings is 1. The standard InChI is InChI=1S/C23H19Cl2F3N4O2/c1-31(22(34)19-16(25)3-2-4-17(19)26)21-18(32-10-23(27,28)11-32)8-13(9-30-21)14-7-12(20(29)33)5-6-15(14)24/h4-9H,2-3,10-11H2,1H3,(H2,29,33). The molecular formula is C23H19Cl2F3N4O2. The van der Waals surface area contributed by atoms with Crippen molar-refractivity contribution in [1.29, 1.82) is 0 Å². The maximum absolute atomic E-state index is 14.4. The quantitative estimate of drug-likeness (QED) is 0.609. The van der Waals surface area contributed by atoms with Gasteiger partial charge in [-0.15, -0.1) is 0 Å². The smallest absolute Gasteiger partial charge is 0.282 e. The van der Waals surface area contributed by atoms with Gasteiger partial charge in [0.15, 0.2) is 5.82 Å². The summed E-state index contributed by atoms with van der Waals surface area (Å²) < 4.78 is 41.8. The van der Waals surface area contributed by atoms with Gasteiger partial charge in [-0.3, -0.25) is 14.5 Å². The number of likely N-dealkylation sites (N-methyl/N-ethyl adjacent to an activating group) is 1. The van der Waals surface area contributed by atoms with E-state index in [9.17, 15) is 22.8 Å². The van der Waals surface area contributed by atoms with Gasteiger partial charge < -0.3 is 10.6 Å². The van der Waals surface area contributed by atoms with Crippen LogP contribution in [0.5, 0.6) is 0 Å². The molecule has 2 aromatic rings. The van der Waals surface area contributed by atoms with Crippen LogP contribution in [0, 0.1) is 0 Å². The zero-order chi connectivity index (χ0) is 24.8. The number of nitrogens with two attached hydrogens (primary N) is 1. The van der Waals surface area contributed by atoms with E-state index >= 15 is 0 Å². The van der Waals surface area contributed by atoms with E-state index in [1.165, 1.54) is 48.5 Å². The number of primary amides is 1. The van der Waals surface area contributed by atoms with Crippen LogP contribution < -0.4 is 15.5 Å². The third kappa shape index (κ3) is 4.50. The fraction of sp³-hybridized carbons (Fsp3) is 0.261. The number of hydrogen-bond acceptors (Lipinski definition) is 4. The predicted molar refractivity (Wildman–Crippen MR) is 125 cm³/mol. The van der Waals surface area contributed by atoms with Crippen molar-refractivity contribution in [3.05, 3.63) is 63.6 Å². The number of hydrogen-bond donors (Lipinski definition) is 1. The first-order chi connectivity index (χ1) is 16.0. The molecule has 2 amide bonds. The van der Waals surface area contributed by atoms with Crippen molar-refractivity contribution in [3.63, 3.8) is 0 Å². The monoisotopic (exact) mass is 510 g/mol. The van der Waals surface area contributed by atoms with Crippen LogP contribution in [0.1, 0.15) is 23.2 Å². The molecule has 1 fully saturated rings. The lowest BCUT2D eigenvalue weighted by molar-refractivity contribution is -0.114. The molecule has 1 saturated heterocycles. The van der Waals surface area contributed by atoms with Gasteiger partial charge in [-0.25, -0.2) is 18.2 Å². The maximum Gasteiger partial charge on any atom is 0.282 e. The lowest BCUT2D eigenvalue weighted by Crippen LogP contribution is -2.56. The highest BCUT2D eigenvalue weighted by atomic mass is 35.5. The van der Waals surface area contributed by atoms with E-state index in [0.29, 0.717) is 24.0 Å². The van der Waals surface area contributed by atoms with E-state index in [-0.39, 0.29) is 32.7 Å². The average molecular weight is 511 g/mol. The van der Waals surface area contributed by atoms with Gasteiger partial charge >= 0.3 is 0 Å². The van der Waals surface area contributed by atoms with Crippen molar-refractivity contribution < 1.29 is 22.8 Å². The van der Waals surface area contributed by atoms with Crippen molar-refractivity contribution in [1.82, 2.24) is 4.98 Å². The molecule has 34 heavy (non-hydrogen) atoms. The highest BCUT2D eigenvalue weighted by Crippen LogP contribution is 2.41. The molecule has 2 N–H and O–H groups in total. The maximum atomic E-state index is 14.4. The Morgan fingerprint density at radius 1 is 1.21 bits per heavy atom. The minimum atomic E-state index is -2.90. The number of pyridine rings is 1. The second-order valence-corrected chi connectivity index (χ2v) is 8.94. The number of rotatable bonds is 5. The molecular weight excluding hydrogens is 492 g/mol. The average Bonchev–Trinajstić information content (AvgIpc) is 2.76. The number of amides is 2. The number of halogens is 5. The minimum Gasteiger partial charge on any atom is -0.366 e. The number of carbonyl (C=O) groups excluding carboxylic acids is 2. The Balaban J connectivity index is 1.78. The number of allylic oxidation sites excluding steroid dienone is 2. The minimum absolute atomic E-state index is 0.0433. The Morgan fingerprint density at radius 3 is 2.53 bits per heavy atom. The first-order valence-corrected chi connectivity index (χ1v) is 11.0. The summed E-state index contributed by atoms with van der Waals surface area (Å²) in [6.45, 7) is -1.17. The normalized spacial score (nSPS) is 17.2. The summed E-state index contributed by atoms with van der Waals surface area (Å²) in [5.74, 6) is -5.01. The van der Waals surface area contributed by atoms with E-state index in [2.05, 4.69) is 4.98 Å². The first kappa shape index (κ1) is 24.1. The first-order valence-electron chi connectivity index (χ1n) is 10.2. The van der Waals surface area contributed by atoms with Gasteiger partial charge in [0.1, 0.15) is 5.83 Å². The lowest BCUT2D eigenvalue weighted by Gasteiger charge is -2.41. The molecule has 2 aliphatic rings. The van der Waals surface area contributed by atoms with E-state index in [0.717, 1.165) is 4.90 Å². The van der Waals surface area contributed by atoms with Crippen LogP contribution in [0.3, 0.4) is 0 Å². The molecule has 1 aliphatic carbocycles.